The van der Waals surface area contributed by atoms with E-state index in [2.05, 4.69) is 15.4 Å². The van der Waals surface area contributed by atoms with E-state index in [-0.39, 0.29) is 12.0 Å². The van der Waals surface area contributed by atoms with E-state index in [4.69, 9.17) is 0 Å². The molecule has 1 fully saturated rings. The van der Waals surface area contributed by atoms with Gasteiger partial charge in [-0.2, -0.15) is 18.2 Å². The first-order valence-electron chi connectivity index (χ1n) is 5.33. The summed E-state index contributed by atoms with van der Waals surface area (Å²) in [4.78, 5) is 3.50. The SMILES string of the molecule is FC(F)(F)c1nc2n(n1)C1CCCC1CN2. The van der Waals surface area contributed by atoms with Crippen molar-refractivity contribution >= 4 is 5.95 Å². The smallest absolute Gasteiger partial charge is 0.354 e. The normalized spacial score (nSPS) is 28.4. The summed E-state index contributed by atoms with van der Waals surface area (Å²) in [6, 6.07) is 0.0971. The molecule has 3 rings (SSSR count). The average molecular weight is 232 g/mol. The summed E-state index contributed by atoms with van der Waals surface area (Å²) in [5.41, 5.74) is 0. The lowest BCUT2D eigenvalue weighted by atomic mass is 10.0. The number of hydrogen-bond donors (Lipinski definition) is 1. The molecule has 0 bridgehead atoms. The third-order valence-electron chi connectivity index (χ3n) is 3.34. The minimum atomic E-state index is -4.46. The van der Waals surface area contributed by atoms with Gasteiger partial charge in [-0.3, -0.25) is 0 Å². The van der Waals surface area contributed by atoms with Crippen LogP contribution in [0.2, 0.25) is 0 Å². The quantitative estimate of drug-likeness (QED) is 0.744. The lowest BCUT2D eigenvalue weighted by molar-refractivity contribution is -0.145. The van der Waals surface area contributed by atoms with Crippen molar-refractivity contribution in [1.29, 1.82) is 0 Å². The Labute approximate surface area is 89.8 Å². The first kappa shape index (κ1) is 9.92. The first-order valence-corrected chi connectivity index (χ1v) is 5.33. The molecule has 7 heteroatoms. The average Bonchev–Trinajstić information content (AvgIpc) is 2.81. The zero-order chi connectivity index (χ0) is 11.3. The van der Waals surface area contributed by atoms with Crippen molar-refractivity contribution in [3.8, 4) is 0 Å². The van der Waals surface area contributed by atoms with E-state index in [1.807, 2.05) is 0 Å². The van der Waals surface area contributed by atoms with Crippen LogP contribution >= 0.6 is 0 Å². The molecule has 2 atom stereocenters. The lowest BCUT2D eigenvalue weighted by Crippen LogP contribution is -2.29. The van der Waals surface area contributed by atoms with E-state index >= 15 is 0 Å². The third-order valence-corrected chi connectivity index (χ3v) is 3.34. The van der Waals surface area contributed by atoms with Gasteiger partial charge in [-0.05, 0) is 18.8 Å². The van der Waals surface area contributed by atoms with E-state index in [1.165, 1.54) is 4.68 Å². The lowest BCUT2D eigenvalue weighted by Gasteiger charge is -2.26. The van der Waals surface area contributed by atoms with Gasteiger partial charge < -0.3 is 5.32 Å². The molecular formula is C9H11F3N4. The summed E-state index contributed by atoms with van der Waals surface area (Å²) in [5.74, 6) is -0.381. The van der Waals surface area contributed by atoms with Gasteiger partial charge in [0.15, 0.2) is 0 Å². The van der Waals surface area contributed by atoms with Crippen molar-refractivity contribution in [2.24, 2.45) is 5.92 Å². The van der Waals surface area contributed by atoms with Crippen molar-refractivity contribution in [2.45, 2.75) is 31.5 Å². The summed E-state index contributed by atoms with van der Waals surface area (Å²) in [6.07, 6.45) is -1.45. The highest BCUT2D eigenvalue weighted by Crippen LogP contribution is 2.40. The molecule has 2 aliphatic rings. The Morgan fingerprint density at radius 1 is 1.31 bits per heavy atom. The van der Waals surface area contributed by atoms with E-state index in [9.17, 15) is 13.2 Å². The van der Waals surface area contributed by atoms with Crippen molar-refractivity contribution in [2.75, 3.05) is 11.9 Å². The summed E-state index contributed by atoms with van der Waals surface area (Å²) < 4.78 is 38.8. The van der Waals surface area contributed by atoms with Crippen LogP contribution in [0, 0.1) is 5.92 Å². The van der Waals surface area contributed by atoms with E-state index < -0.39 is 12.0 Å². The molecule has 1 N–H and O–H groups in total. The number of nitrogens with one attached hydrogen (secondary N) is 1. The molecule has 0 amide bonds. The Balaban J connectivity index is 2.00. The Hall–Kier alpha value is -1.27. The van der Waals surface area contributed by atoms with Gasteiger partial charge in [-0.15, -0.1) is 5.10 Å². The molecular weight excluding hydrogens is 221 g/mol. The molecule has 1 aliphatic carbocycles. The minimum absolute atomic E-state index is 0.0971. The van der Waals surface area contributed by atoms with Crippen LogP contribution < -0.4 is 5.32 Å². The molecule has 0 radical (unpaired) electrons. The molecule has 0 spiro atoms. The number of fused-ring (bicyclic) bond motifs is 3. The van der Waals surface area contributed by atoms with E-state index in [1.54, 1.807) is 0 Å². The fraction of sp³-hybridized carbons (Fsp3) is 0.778. The van der Waals surface area contributed by atoms with Crippen LogP contribution in [-0.2, 0) is 6.18 Å². The largest absolute Gasteiger partial charge is 0.453 e. The molecule has 88 valence electrons. The monoisotopic (exact) mass is 232 g/mol. The Morgan fingerprint density at radius 2 is 2.12 bits per heavy atom. The maximum absolute atomic E-state index is 12.5. The topological polar surface area (TPSA) is 42.7 Å². The van der Waals surface area contributed by atoms with Crippen LogP contribution in [0.15, 0.2) is 0 Å². The maximum Gasteiger partial charge on any atom is 0.453 e. The van der Waals surface area contributed by atoms with Crippen LogP contribution in [-0.4, -0.2) is 21.3 Å². The van der Waals surface area contributed by atoms with Gasteiger partial charge in [0.1, 0.15) is 0 Å². The summed E-state index contributed by atoms with van der Waals surface area (Å²) in [7, 11) is 0. The summed E-state index contributed by atoms with van der Waals surface area (Å²) in [5, 5.41) is 6.50. The minimum Gasteiger partial charge on any atom is -0.354 e. The number of alkyl halides is 3. The zero-order valence-corrected chi connectivity index (χ0v) is 8.46. The van der Waals surface area contributed by atoms with Gasteiger partial charge >= 0.3 is 6.18 Å². The first-order chi connectivity index (χ1) is 7.55. The predicted molar refractivity (Wildman–Crippen MR) is 49.9 cm³/mol. The van der Waals surface area contributed by atoms with Crippen molar-refractivity contribution in [3.05, 3.63) is 5.82 Å². The van der Waals surface area contributed by atoms with Crippen molar-refractivity contribution < 1.29 is 13.2 Å². The van der Waals surface area contributed by atoms with E-state index in [0.717, 1.165) is 19.3 Å². The number of hydrogen-bond acceptors (Lipinski definition) is 3. The van der Waals surface area contributed by atoms with Crippen LogP contribution in [0.4, 0.5) is 19.1 Å². The Kier molecular flexibility index (Phi) is 1.93. The predicted octanol–water partition coefficient (Wildman–Crippen LogP) is 2.06. The standard InChI is InChI=1S/C9H11F3N4/c10-9(11,12)7-14-8-13-4-5-2-1-3-6(5)16(8)15-7/h5-6H,1-4H2,(H,13,14,15). The molecule has 1 saturated carbocycles. The van der Waals surface area contributed by atoms with Gasteiger partial charge in [-0.1, -0.05) is 6.42 Å². The number of anilines is 1. The number of nitrogens with zero attached hydrogens (tertiary/aromatic N) is 3. The Bertz CT molecular complexity index is 411. The highest BCUT2D eigenvalue weighted by Gasteiger charge is 2.41. The molecule has 0 aromatic carbocycles. The molecule has 0 saturated heterocycles. The number of aromatic nitrogens is 3. The van der Waals surface area contributed by atoms with Gasteiger partial charge in [-0.25, -0.2) is 4.68 Å². The van der Waals surface area contributed by atoms with Crippen molar-refractivity contribution in [1.82, 2.24) is 14.8 Å². The second-order valence-electron chi connectivity index (χ2n) is 4.34. The van der Waals surface area contributed by atoms with Gasteiger partial charge in [0.2, 0.25) is 5.95 Å². The summed E-state index contributed by atoms with van der Waals surface area (Å²) in [6.45, 7) is 0.709. The second kappa shape index (κ2) is 3.11. The van der Waals surface area contributed by atoms with Gasteiger partial charge in [0, 0.05) is 6.54 Å². The highest BCUT2D eigenvalue weighted by atomic mass is 19.4. The van der Waals surface area contributed by atoms with Crippen molar-refractivity contribution in [3.63, 3.8) is 0 Å². The molecule has 1 aromatic rings. The van der Waals surface area contributed by atoms with Gasteiger partial charge in [0.25, 0.3) is 5.82 Å². The Morgan fingerprint density at radius 3 is 2.88 bits per heavy atom. The molecule has 16 heavy (non-hydrogen) atoms. The molecule has 2 unspecified atom stereocenters. The highest BCUT2D eigenvalue weighted by molar-refractivity contribution is 5.30. The van der Waals surface area contributed by atoms with Gasteiger partial charge in [0.05, 0.1) is 6.04 Å². The maximum atomic E-state index is 12.5. The second-order valence-corrected chi connectivity index (χ2v) is 4.34. The van der Waals surface area contributed by atoms with Crippen LogP contribution in [0.1, 0.15) is 31.1 Å². The van der Waals surface area contributed by atoms with E-state index in [0.29, 0.717) is 12.5 Å². The molecule has 1 aliphatic heterocycles. The molecule has 2 heterocycles. The zero-order valence-electron chi connectivity index (χ0n) is 8.46. The molecule has 1 aromatic heterocycles. The van der Waals surface area contributed by atoms with Crippen LogP contribution in [0.25, 0.3) is 0 Å². The third kappa shape index (κ3) is 1.37. The fourth-order valence-corrected chi connectivity index (χ4v) is 2.59. The van der Waals surface area contributed by atoms with Crippen LogP contribution in [0.5, 0.6) is 0 Å². The summed E-state index contributed by atoms with van der Waals surface area (Å²) >= 11 is 0. The van der Waals surface area contributed by atoms with Crippen LogP contribution in [0.3, 0.4) is 0 Å². The fourth-order valence-electron chi connectivity index (χ4n) is 2.59. The number of rotatable bonds is 0. The molecule has 4 nitrogen and oxygen atoms in total. The number of halogens is 3.